The summed E-state index contributed by atoms with van der Waals surface area (Å²) in [6, 6.07) is 13.6. The number of amides is 1. The molecule has 2 aromatic rings. The number of carbonyl (C=O) groups is 1. The van der Waals surface area contributed by atoms with E-state index in [0.717, 1.165) is 5.56 Å². The third-order valence-electron chi connectivity index (χ3n) is 2.51. The summed E-state index contributed by atoms with van der Waals surface area (Å²) in [7, 11) is 0. The van der Waals surface area contributed by atoms with Gasteiger partial charge in [-0.25, -0.2) is 0 Å². The van der Waals surface area contributed by atoms with Gasteiger partial charge in [0.05, 0.1) is 0 Å². The van der Waals surface area contributed by atoms with E-state index in [1.807, 2.05) is 18.2 Å². The van der Waals surface area contributed by atoms with E-state index in [1.54, 1.807) is 18.2 Å². The Morgan fingerprint density at radius 3 is 2.67 bits per heavy atom. The van der Waals surface area contributed by atoms with Crippen LogP contribution >= 0.6 is 0 Å². The Bertz CT molecular complexity index is 567. The number of nitrogens with one attached hydrogen (secondary N) is 1. The standard InChI is InChI=1S/C14H14N2O2/c15-12-5-1-3-10(7-12)9-16-14(18)11-4-2-6-13(17)8-11/h1-8,17H,9,15H2,(H,16,18). The van der Waals surface area contributed by atoms with Gasteiger partial charge < -0.3 is 16.2 Å². The lowest BCUT2D eigenvalue weighted by molar-refractivity contribution is 0.0950. The van der Waals surface area contributed by atoms with Gasteiger partial charge >= 0.3 is 0 Å². The van der Waals surface area contributed by atoms with Crippen molar-refractivity contribution < 1.29 is 9.90 Å². The first-order valence-corrected chi connectivity index (χ1v) is 5.57. The molecular formula is C14H14N2O2. The van der Waals surface area contributed by atoms with E-state index in [1.165, 1.54) is 12.1 Å². The molecule has 4 N–H and O–H groups in total. The van der Waals surface area contributed by atoms with Crippen molar-refractivity contribution in [1.82, 2.24) is 5.32 Å². The highest BCUT2D eigenvalue weighted by atomic mass is 16.3. The number of nitrogen functional groups attached to an aromatic ring is 1. The van der Waals surface area contributed by atoms with Crippen LogP contribution in [0.25, 0.3) is 0 Å². The lowest BCUT2D eigenvalue weighted by Gasteiger charge is -2.06. The minimum Gasteiger partial charge on any atom is -0.508 e. The molecule has 92 valence electrons. The van der Waals surface area contributed by atoms with Crippen LogP contribution < -0.4 is 11.1 Å². The number of hydrogen-bond donors (Lipinski definition) is 3. The number of anilines is 1. The Kier molecular flexibility index (Phi) is 3.48. The predicted molar refractivity (Wildman–Crippen MR) is 70.1 cm³/mol. The maximum absolute atomic E-state index is 11.8. The average Bonchev–Trinajstić information content (AvgIpc) is 2.36. The zero-order valence-corrected chi connectivity index (χ0v) is 9.76. The van der Waals surface area contributed by atoms with Crippen LogP contribution in [0.3, 0.4) is 0 Å². The number of phenolic OH excluding ortho intramolecular Hbond substituents is 1. The van der Waals surface area contributed by atoms with Crippen molar-refractivity contribution in [2.75, 3.05) is 5.73 Å². The molecule has 1 amide bonds. The molecule has 4 heteroatoms. The summed E-state index contributed by atoms with van der Waals surface area (Å²) in [4.78, 5) is 11.8. The highest BCUT2D eigenvalue weighted by Crippen LogP contribution is 2.11. The number of aromatic hydroxyl groups is 1. The second kappa shape index (κ2) is 5.23. The molecule has 0 saturated carbocycles. The van der Waals surface area contributed by atoms with Crippen molar-refractivity contribution in [2.24, 2.45) is 0 Å². The van der Waals surface area contributed by atoms with E-state index in [0.29, 0.717) is 17.8 Å². The third-order valence-corrected chi connectivity index (χ3v) is 2.51. The van der Waals surface area contributed by atoms with Gasteiger partial charge in [-0.2, -0.15) is 0 Å². The minimum atomic E-state index is -0.228. The summed E-state index contributed by atoms with van der Waals surface area (Å²) in [6.07, 6.45) is 0. The number of phenols is 1. The second-order valence-electron chi connectivity index (χ2n) is 3.98. The fourth-order valence-corrected chi connectivity index (χ4v) is 1.63. The SMILES string of the molecule is Nc1cccc(CNC(=O)c2cccc(O)c2)c1. The van der Waals surface area contributed by atoms with Gasteiger partial charge in [0.2, 0.25) is 0 Å². The molecule has 18 heavy (non-hydrogen) atoms. The molecule has 0 saturated heterocycles. The monoisotopic (exact) mass is 242 g/mol. The lowest BCUT2D eigenvalue weighted by atomic mass is 10.1. The summed E-state index contributed by atoms with van der Waals surface area (Å²) in [5.74, 6) is -0.153. The highest BCUT2D eigenvalue weighted by molar-refractivity contribution is 5.94. The van der Waals surface area contributed by atoms with Crippen molar-refractivity contribution >= 4 is 11.6 Å². The average molecular weight is 242 g/mol. The van der Waals surface area contributed by atoms with Crippen molar-refractivity contribution in [3.63, 3.8) is 0 Å². The Hall–Kier alpha value is -2.49. The molecule has 0 unspecified atom stereocenters. The van der Waals surface area contributed by atoms with E-state index in [-0.39, 0.29) is 11.7 Å². The van der Waals surface area contributed by atoms with Gasteiger partial charge in [-0.15, -0.1) is 0 Å². The lowest BCUT2D eigenvalue weighted by Crippen LogP contribution is -2.22. The van der Waals surface area contributed by atoms with Crippen LogP contribution in [0.15, 0.2) is 48.5 Å². The largest absolute Gasteiger partial charge is 0.508 e. The third kappa shape index (κ3) is 3.01. The van der Waals surface area contributed by atoms with E-state index >= 15 is 0 Å². The normalized spacial score (nSPS) is 10.0. The smallest absolute Gasteiger partial charge is 0.251 e. The minimum absolute atomic E-state index is 0.0756. The van der Waals surface area contributed by atoms with Gasteiger partial charge in [-0.05, 0) is 35.9 Å². The first-order valence-electron chi connectivity index (χ1n) is 5.57. The zero-order valence-electron chi connectivity index (χ0n) is 9.76. The van der Waals surface area contributed by atoms with Crippen molar-refractivity contribution in [3.05, 3.63) is 59.7 Å². The van der Waals surface area contributed by atoms with Crippen LogP contribution in [0, 0.1) is 0 Å². The van der Waals surface area contributed by atoms with E-state index < -0.39 is 0 Å². The molecule has 0 atom stereocenters. The summed E-state index contributed by atoms with van der Waals surface area (Å²) in [5, 5.41) is 12.1. The van der Waals surface area contributed by atoms with Crippen molar-refractivity contribution in [1.29, 1.82) is 0 Å². The topological polar surface area (TPSA) is 75.3 Å². The van der Waals surface area contributed by atoms with Crippen LogP contribution in [-0.4, -0.2) is 11.0 Å². The van der Waals surface area contributed by atoms with E-state index in [2.05, 4.69) is 5.32 Å². The van der Waals surface area contributed by atoms with Gasteiger partial charge in [0, 0.05) is 17.8 Å². The Balaban J connectivity index is 2.00. The molecule has 2 rings (SSSR count). The van der Waals surface area contributed by atoms with E-state index in [4.69, 9.17) is 5.73 Å². The number of hydrogen-bond acceptors (Lipinski definition) is 3. The van der Waals surface area contributed by atoms with Gasteiger partial charge in [0.25, 0.3) is 5.91 Å². The molecule has 0 fully saturated rings. The van der Waals surface area contributed by atoms with Gasteiger partial charge in [-0.3, -0.25) is 4.79 Å². The Morgan fingerprint density at radius 2 is 1.94 bits per heavy atom. The number of carbonyl (C=O) groups excluding carboxylic acids is 1. The van der Waals surface area contributed by atoms with Crippen LogP contribution in [0.1, 0.15) is 15.9 Å². The predicted octanol–water partition coefficient (Wildman–Crippen LogP) is 1.90. The second-order valence-corrected chi connectivity index (χ2v) is 3.98. The number of benzene rings is 2. The number of nitrogens with two attached hydrogens (primary N) is 1. The highest BCUT2D eigenvalue weighted by Gasteiger charge is 2.05. The Morgan fingerprint density at radius 1 is 1.17 bits per heavy atom. The molecule has 4 nitrogen and oxygen atoms in total. The summed E-state index contributed by atoms with van der Waals surface area (Å²) < 4.78 is 0. The molecule has 0 aromatic heterocycles. The molecule has 0 aliphatic rings. The maximum atomic E-state index is 11.8. The zero-order chi connectivity index (χ0) is 13.0. The quantitative estimate of drug-likeness (QED) is 0.719. The molecule has 0 bridgehead atoms. The van der Waals surface area contributed by atoms with Crippen LogP contribution in [0.5, 0.6) is 5.75 Å². The fourth-order valence-electron chi connectivity index (χ4n) is 1.63. The van der Waals surface area contributed by atoms with Crippen molar-refractivity contribution in [2.45, 2.75) is 6.54 Å². The van der Waals surface area contributed by atoms with Gasteiger partial charge in [0.15, 0.2) is 0 Å². The molecule has 0 heterocycles. The van der Waals surface area contributed by atoms with Crippen LogP contribution in [0.4, 0.5) is 5.69 Å². The maximum Gasteiger partial charge on any atom is 0.251 e. The summed E-state index contributed by atoms with van der Waals surface area (Å²) in [5.41, 5.74) is 7.68. The Labute approximate surface area is 105 Å². The molecular weight excluding hydrogens is 228 g/mol. The van der Waals surface area contributed by atoms with Crippen molar-refractivity contribution in [3.8, 4) is 5.75 Å². The molecule has 0 aliphatic carbocycles. The molecule has 0 radical (unpaired) electrons. The van der Waals surface area contributed by atoms with Crippen LogP contribution in [0.2, 0.25) is 0 Å². The number of rotatable bonds is 3. The van der Waals surface area contributed by atoms with Gasteiger partial charge in [-0.1, -0.05) is 18.2 Å². The van der Waals surface area contributed by atoms with Gasteiger partial charge in [0.1, 0.15) is 5.75 Å². The first kappa shape index (κ1) is 12.0. The summed E-state index contributed by atoms with van der Waals surface area (Å²) in [6.45, 7) is 0.402. The van der Waals surface area contributed by atoms with Crippen LogP contribution in [-0.2, 0) is 6.54 Å². The molecule has 0 spiro atoms. The first-order chi connectivity index (χ1) is 8.65. The molecule has 2 aromatic carbocycles. The molecule has 0 aliphatic heterocycles. The summed E-state index contributed by atoms with van der Waals surface area (Å²) >= 11 is 0. The van der Waals surface area contributed by atoms with E-state index in [9.17, 15) is 9.90 Å². The fraction of sp³-hybridized carbons (Fsp3) is 0.0714.